The van der Waals surface area contributed by atoms with Gasteiger partial charge in [-0.25, -0.2) is 0 Å². The Kier molecular flexibility index (Phi) is 5.36. The van der Waals surface area contributed by atoms with Crippen molar-refractivity contribution in [3.63, 3.8) is 0 Å². The van der Waals surface area contributed by atoms with Gasteiger partial charge in [-0.15, -0.1) is 0 Å². The second-order valence-electron chi connectivity index (χ2n) is 6.55. The standard InChI is InChI=1S/C16H28N2/c1-15(2,12-17)10-11-18-13-16(3,4)14-8-6-5-7-9-14/h5-9,18H,10-13,17H2,1-4H3. The molecule has 0 saturated carbocycles. The van der Waals surface area contributed by atoms with E-state index in [0.29, 0.717) is 0 Å². The molecule has 0 saturated heterocycles. The van der Waals surface area contributed by atoms with Crippen molar-refractivity contribution in [2.24, 2.45) is 11.1 Å². The van der Waals surface area contributed by atoms with Crippen molar-refractivity contribution in [3.8, 4) is 0 Å². The van der Waals surface area contributed by atoms with Crippen LogP contribution in [0.25, 0.3) is 0 Å². The molecule has 1 aromatic carbocycles. The fraction of sp³-hybridized carbons (Fsp3) is 0.625. The van der Waals surface area contributed by atoms with Crippen LogP contribution >= 0.6 is 0 Å². The van der Waals surface area contributed by atoms with E-state index < -0.39 is 0 Å². The van der Waals surface area contributed by atoms with Crippen LogP contribution < -0.4 is 11.1 Å². The monoisotopic (exact) mass is 248 g/mol. The Morgan fingerprint density at radius 2 is 1.67 bits per heavy atom. The predicted octanol–water partition coefficient (Wildman–Crippen LogP) is 2.93. The highest BCUT2D eigenvalue weighted by atomic mass is 14.9. The molecule has 0 aliphatic carbocycles. The third-order valence-corrected chi connectivity index (χ3v) is 3.65. The maximum Gasteiger partial charge on any atom is 0.00431 e. The molecule has 2 heteroatoms. The Labute approximate surface area is 112 Å². The summed E-state index contributed by atoms with van der Waals surface area (Å²) in [6.45, 7) is 11.8. The molecule has 2 nitrogen and oxygen atoms in total. The number of benzene rings is 1. The lowest BCUT2D eigenvalue weighted by Gasteiger charge is -2.27. The van der Waals surface area contributed by atoms with Crippen molar-refractivity contribution in [2.75, 3.05) is 19.6 Å². The number of hydrogen-bond donors (Lipinski definition) is 2. The Morgan fingerprint density at radius 1 is 1.06 bits per heavy atom. The fourth-order valence-electron chi connectivity index (χ4n) is 1.92. The summed E-state index contributed by atoms with van der Waals surface area (Å²) >= 11 is 0. The van der Waals surface area contributed by atoms with Gasteiger partial charge in [0.2, 0.25) is 0 Å². The first-order valence-corrected chi connectivity index (χ1v) is 6.84. The van der Waals surface area contributed by atoms with E-state index in [1.165, 1.54) is 5.56 Å². The van der Waals surface area contributed by atoms with Gasteiger partial charge in [0.25, 0.3) is 0 Å². The topological polar surface area (TPSA) is 38.0 Å². The average molecular weight is 248 g/mol. The number of nitrogens with two attached hydrogens (primary N) is 1. The lowest BCUT2D eigenvalue weighted by Crippen LogP contribution is -2.36. The second kappa shape index (κ2) is 6.35. The molecule has 0 heterocycles. The van der Waals surface area contributed by atoms with Gasteiger partial charge in [0.15, 0.2) is 0 Å². The largest absolute Gasteiger partial charge is 0.330 e. The van der Waals surface area contributed by atoms with E-state index in [9.17, 15) is 0 Å². The van der Waals surface area contributed by atoms with Gasteiger partial charge in [-0.3, -0.25) is 0 Å². The molecule has 0 radical (unpaired) electrons. The van der Waals surface area contributed by atoms with Gasteiger partial charge in [0.05, 0.1) is 0 Å². The highest BCUT2D eigenvalue weighted by molar-refractivity contribution is 5.23. The lowest BCUT2D eigenvalue weighted by atomic mass is 9.84. The summed E-state index contributed by atoms with van der Waals surface area (Å²) in [4.78, 5) is 0. The summed E-state index contributed by atoms with van der Waals surface area (Å²) in [6.07, 6.45) is 1.12. The Bertz CT molecular complexity index is 341. The molecule has 102 valence electrons. The summed E-state index contributed by atoms with van der Waals surface area (Å²) in [5, 5.41) is 3.56. The molecular formula is C16H28N2. The molecule has 0 fully saturated rings. The van der Waals surface area contributed by atoms with Gasteiger partial charge in [0, 0.05) is 12.0 Å². The minimum absolute atomic E-state index is 0.175. The molecule has 1 aromatic rings. The zero-order valence-electron chi connectivity index (χ0n) is 12.3. The normalized spacial score (nSPS) is 12.7. The van der Waals surface area contributed by atoms with Crippen molar-refractivity contribution in [1.82, 2.24) is 5.32 Å². The summed E-state index contributed by atoms with van der Waals surface area (Å²) in [5.41, 5.74) is 7.54. The zero-order chi connectivity index (χ0) is 13.6. The first-order chi connectivity index (χ1) is 8.37. The zero-order valence-corrected chi connectivity index (χ0v) is 12.3. The molecule has 0 aliphatic rings. The van der Waals surface area contributed by atoms with Crippen LogP contribution in [0, 0.1) is 5.41 Å². The summed E-state index contributed by atoms with van der Waals surface area (Å²) < 4.78 is 0. The molecule has 0 atom stereocenters. The maximum atomic E-state index is 5.74. The van der Waals surface area contributed by atoms with Gasteiger partial charge < -0.3 is 11.1 Å². The Morgan fingerprint density at radius 3 is 2.22 bits per heavy atom. The van der Waals surface area contributed by atoms with Crippen LogP contribution in [0.5, 0.6) is 0 Å². The number of rotatable bonds is 7. The van der Waals surface area contributed by atoms with E-state index in [1.807, 2.05) is 0 Å². The molecule has 1 rings (SSSR count). The van der Waals surface area contributed by atoms with Crippen molar-refractivity contribution in [1.29, 1.82) is 0 Å². The molecule has 3 N–H and O–H groups in total. The van der Waals surface area contributed by atoms with E-state index in [1.54, 1.807) is 0 Å². The van der Waals surface area contributed by atoms with Gasteiger partial charge in [-0.1, -0.05) is 58.0 Å². The van der Waals surface area contributed by atoms with Crippen LogP contribution in [-0.4, -0.2) is 19.6 Å². The molecule has 0 amide bonds. The minimum Gasteiger partial charge on any atom is -0.330 e. The second-order valence-corrected chi connectivity index (χ2v) is 6.55. The first kappa shape index (κ1) is 15.2. The molecule has 0 aromatic heterocycles. The van der Waals surface area contributed by atoms with Crippen LogP contribution in [-0.2, 0) is 5.41 Å². The highest BCUT2D eigenvalue weighted by Gasteiger charge is 2.20. The summed E-state index contributed by atoms with van der Waals surface area (Å²) in [5.74, 6) is 0. The number of hydrogen-bond acceptors (Lipinski definition) is 2. The maximum absolute atomic E-state index is 5.74. The van der Waals surface area contributed by atoms with Crippen molar-refractivity contribution in [2.45, 2.75) is 39.5 Å². The number of nitrogens with one attached hydrogen (secondary N) is 1. The average Bonchev–Trinajstić information content (AvgIpc) is 2.36. The van der Waals surface area contributed by atoms with Gasteiger partial charge in [-0.2, -0.15) is 0 Å². The summed E-state index contributed by atoms with van der Waals surface area (Å²) in [6, 6.07) is 10.7. The van der Waals surface area contributed by atoms with Crippen LogP contribution in [0.3, 0.4) is 0 Å². The van der Waals surface area contributed by atoms with Crippen LogP contribution in [0.4, 0.5) is 0 Å². The first-order valence-electron chi connectivity index (χ1n) is 6.84. The van der Waals surface area contributed by atoms with Crippen LogP contribution in [0.2, 0.25) is 0 Å². The molecule has 0 bridgehead atoms. The van der Waals surface area contributed by atoms with Crippen molar-refractivity contribution < 1.29 is 0 Å². The van der Waals surface area contributed by atoms with E-state index in [2.05, 4.69) is 63.3 Å². The lowest BCUT2D eigenvalue weighted by molar-refractivity contribution is 0.331. The third kappa shape index (κ3) is 4.79. The SMILES string of the molecule is CC(C)(CN)CCNCC(C)(C)c1ccccc1. The smallest absolute Gasteiger partial charge is 0.00431 e. The van der Waals surface area contributed by atoms with Gasteiger partial charge in [-0.05, 0) is 30.5 Å². The van der Waals surface area contributed by atoms with Gasteiger partial charge in [0.1, 0.15) is 0 Å². The van der Waals surface area contributed by atoms with Crippen molar-refractivity contribution >= 4 is 0 Å². The van der Waals surface area contributed by atoms with Crippen molar-refractivity contribution in [3.05, 3.63) is 35.9 Å². The van der Waals surface area contributed by atoms with Crippen LogP contribution in [0.1, 0.15) is 39.7 Å². The van der Waals surface area contributed by atoms with E-state index >= 15 is 0 Å². The van der Waals surface area contributed by atoms with Crippen LogP contribution in [0.15, 0.2) is 30.3 Å². The molecule has 0 spiro atoms. The predicted molar refractivity (Wildman–Crippen MR) is 79.8 cm³/mol. The summed E-state index contributed by atoms with van der Waals surface area (Å²) in [7, 11) is 0. The third-order valence-electron chi connectivity index (χ3n) is 3.65. The molecule has 18 heavy (non-hydrogen) atoms. The molecule has 0 unspecified atom stereocenters. The minimum atomic E-state index is 0.175. The van der Waals surface area contributed by atoms with E-state index in [0.717, 1.165) is 26.1 Å². The van der Waals surface area contributed by atoms with Gasteiger partial charge >= 0.3 is 0 Å². The van der Waals surface area contributed by atoms with E-state index in [4.69, 9.17) is 5.73 Å². The molecule has 0 aliphatic heterocycles. The quantitative estimate of drug-likeness (QED) is 0.728. The fourth-order valence-corrected chi connectivity index (χ4v) is 1.92. The van der Waals surface area contributed by atoms with E-state index in [-0.39, 0.29) is 10.8 Å². The Hall–Kier alpha value is -0.860. The highest BCUT2D eigenvalue weighted by Crippen LogP contribution is 2.22. The molecular weight excluding hydrogens is 220 g/mol. The Balaban J connectivity index is 2.39.